The first kappa shape index (κ1) is 17.2. The molecule has 22 heavy (non-hydrogen) atoms. The van der Waals surface area contributed by atoms with Crippen LogP contribution < -0.4 is 15.8 Å². The van der Waals surface area contributed by atoms with E-state index >= 15 is 0 Å². The van der Waals surface area contributed by atoms with Crippen LogP contribution in [0.15, 0.2) is 22.7 Å². The van der Waals surface area contributed by atoms with E-state index in [-0.39, 0.29) is 17.9 Å². The van der Waals surface area contributed by atoms with Crippen LogP contribution in [0.3, 0.4) is 0 Å². The van der Waals surface area contributed by atoms with E-state index in [0.717, 1.165) is 28.6 Å². The van der Waals surface area contributed by atoms with E-state index < -0.39 is 6.04 Å². The molecule has 0 saturated carbocycles. The maximum Gasteiger partial charge on any atom is 0.237 e. The van der Waals surface area contributed by atoms with Crippen molar-refractivity contribution < 1.29 is 14.3 Å². The van der Waals surface area contributed by atoms with Gasteiger partial charge in [-0.15, -0.1) is 0 Å². The Kier molecular flexibility index (Phi) is 6.23. The van der Waals surface area contributed by atoms with Crippen molar-refractivity contribution in [3.63, 3.8) is 0 Å². The van der Waals surface area contributed by atoms with Crippen LogP contribution in [-0.2, 0) is 9.53 Å². The van der Waals surface area contributed by atoms with E-state index in [4.69, 9.17) is 15.2 Å². The molecule has 0 aromatic heterocycles. The molecule has 0 bridgehead atoms. The van der Waals surface area contributed by atoms with Crippen LogP contribution in [0.4, 0.5) is 0 Å². The molecule has 1 aliphatic heterocycles. The van der Waals surface area contributed by atoms with Gasteiger partial charge in [-0.1, -0.05) is 6.07 Å². The molecule has 0 spiro atoms. The zero-order chi connectivity index (χ0) is 16.1. The molecule has 1 saturated heterocycles. The first-order valence-corrected chi connectivity index (χ1v) is 8.29. The molecule has 3 N–H and O–H groups in total. The largest absolute Gasteiger partial charge is 0.496 e. The second-order valence-electron chi connectivity index (χ2n) is 5.60. The summed E-state index contributed by atoms with van der Waals surface area (Å²) in [7, 11) is 1.62. The summed E-state index contributed by atoms with van der Waals surface area (Å²) in [4.78, 5) is 12.3. The van der Waals surface area contributed by atoms with Crippen molar-refractivity contribution in [3.8, 4) is 5.75 Å². The van der Waals surface area contributed by atoms with Gasteiger partial charge in [0.2, 0.25) is 5.91 Å². The van der Waals surface area contributed by atoms with Crippen molar-refractivity contribution in [1.29, 1.82) is 0 Å². The number of methoxy groups -OCH3 is 1. The second-order valence-corrected chi connectivity index (χ2v) is 6.45. The van der Waals surface area contributed by atoms with Crippen molar-refractivity contribution >= 4 is 21.8 Å². The van der Waals surface area contributed by atoms with Crippen LogP contribution in [0, 0.1) is 5.92 Å². The van der Waals surface area contributed by atoms with E-state index in [9.17, 15) is 4.79 Å². The average Bonchev–Trinajstić information content (AvgIpc) is 2.54. The van der Waals surface area contributed by atoms with Crippen LogP contribution in [-0.4, -0.2) is 32.3 Å². The van der Waals surface area contributed by atoms with Crippen LogP contribution in [0.1, 0.15) is 31.4 Å². The van der Waals surface area contributed by atoms with Gasteiger partial charge in [0.05, 0.1) is 23.7 Å². The maximum absolute atomic E-state index is 12.3. The van der Waals surface area contributed by atoms with Gasteiger partial charge in [-0.25, -0.2) is 0 Å². The molecule has 1 fully saturated rings. The fourth-order valence-corrected chi connectivity index (χ4v) is 3.19. The standard InChI is InChI=1S/C16H23BrN2O3/c1-10(12-3-4-14(21-2)13(17)9-12)19-16(20)15(18)11-5-7-22-8-6-11/h3-4,9-11,15H,5-8,18H2,1-2H3,(H,19,20). The number of carbonyl (C=O) groups excluding carboxylic acids is 1. The number of nitrogens with one attached hydrogen (secondary N) is 1. The summed E-state index contributed by atoms with van der Waals surface area (Å²) in [6.45, 7) is 3.32. The van der Waals surface area contributed by atoms with Gasteiger partial charge in [0.15, 0.2) is 0 Å². The number of halogens is 1. The van der Waals surface area contributed by atoms with Gasteiger partial charge < -0.3 is 20.5 Å². The number of hydrogen-bond acceptors (Lipinski definition) is 4. The molecule has 2 atom stereocenters. The first-order chi connectivity index (χ1) is 10.5. The van der Waals surface area contributed by atoms with Gasteiger partial charge in [-0.3, -0.25) is 4.79 Å². The Balaban J connectivity index is 1.96. The lowest BCUT2D eigenvalue weighted by Gasteiger charge is -2.28. The molecule has 2 unspecified atom stereocenters. The first-order valence-electron chi connectivity index (χ1n) is 7.50. The van der Waals surface area contributed by atoms with Crippen LogP contribution in [0.2, 0.25) is 0 Å². The second kappa shape index (κ2) is 7.94. The molecular weight excluding hydrogens is 348 g/mol. The average molecular weight is 371 g/mol. The van der Waals surface area contributed by atoms with Gasteiger partial charge >= 0.3 is 0 Å². The lowest BCUT2D eigenvalue weighted by atomic mass is 9.91. The maximum atomic E-state index is 12.3. The number of amides is 1. The van der Waals surface area contributed by atoms with Gasteiger partial charge in [-0.2, -0.15) is 0 Å². The SMILES string of the molecule is COc1ccc(C(C)NC(=O)C(N)C2CCOCC2)cc1Br. The number of hydrogen-bond donors (Lipinski definition) is 2. The summed E-state index contributed by atoms with van der Waals surface area (Å²) < 4.78 is 11.4. The van der Waals surface area contributed by atoms with Gasteiger partial charge in [0, 0.05) is 13.2 Å². The zero-order valence-electron chi connectivity index (χ0n) is 13.0. The van der Waals surface area contributed by atoms with Gasteiger partial charge in [-0.05, 0) is 59.3 Å². The van der Waals surface area contributed by atoms with Gasteiger partial charge in [0.1, 0.15) is 5.75 Å². The summed E-state index contributed by atoms with van der Waals surface area (Å²) in [5.41, 5.74) is 7.10. The third-order valence-electron chi connectivity index (χ3n) is 4.11. The molecule has 0 aliphatic carbocycles. The predicted molar refractivity (Wildman–Crippen MR) is 88.8 cm³/mol. The molecule has 0 radical (unpaired) electrons. The monoisotopic (exact) mass is 370 g/mol. The molecule has 1 aromatic carbocycles. The fraction of sp³-hybridized carbons (Fsp3) is 0.562. The minimum absolute atomic E-state index is 0.105. The Hall–Kier alpha value is -1.11. The van der Waals surface area contributed by atoms with Gasteiger partial charge in [0.25, 0.3) is 0 Å². The van der Waals surface area contributed by atoms with Crippen molar-refractivity contribution in [2.75, 3.05) is 20.3 Å². The molecule has 2 rings (SSSR count). The third-order valence-corrected chi connectivity index (χ3v) is 4.73. The van der Waals surface area contributed by atoms with Crippen LogP contribution in [0.25, 0.3) is 0 Å². The van der Waals surface area contributed by atoms with Crippen molar-refractivity contribution in [3.05, 3.63) is 28.2 Å². The highest BCUT2D eigenvalue weighted by atomic mass is 79.9. The Morgan fingerprint density at radius 2 is 2.14 bits per heavy atom. The van der Waals surface area contributed by atoms with Crippen molar-refractivity contribution in [2.45, 2.75) is 31.8 Å². The number of benzene rings is 1. The fourth-order valence-electron chi connectivity index (χ4n) is 2.63. The molecule has 6 heteroatoms. The Morgan fingerprint density at radius 3 is 2.73 bits per heavy atom. The van der Waals surface area contributed by atoms with E-state index in [1.54, 1.807) is 7.11 Å². The molecule has 1 aliphatic rings. The molecule has 122 valence electrons. The number of ether oxygens (including phenoxy) is 2. The van der Waals surface area contributed by atoms with E-state index in [1.165, 1.54) is 0 Å². The smallest absolute Gasteiger partial charge is 0.237 e. The summed E-state index contributed by atoms with van der Waals surface area (Å²) in [5.74, 6) is 0.857. The number of nitrogens with two attached hydrogens (primary N) is 1. The quantitative estimate of drug-likeness (QED) is 0.834. The number of rotatable bonds is 5. The molecule has 1 aromatic rings. The summed E-state index contributed by atoms with van der Waals surface area (Å²) in [5, 5.41) is 2.99. The molecule has 1 heterocycles. The van der Waals surface area contributed by atoms with Crippen molar-refractivity contribution in [2.24, 2.45) is 11.7 Å². The molecular formula is C16H23BrN2O3. The lowest BCUT2D eigenvalue weighted by molar-refractivity contribution is -0.125. The van der Waals surface area contributed by atoms with E-state index in [2.05, 4.69) is 21.2 Å². The zero-order valence-corrected chi connectivity index (χ0v) is 14.6. The lowest BCUT2D eigenvalue weighted by Crippen LogP contribution is -2.47. The minimum Gasteiger partial charge on any atom is -0.496 e. The Labute approximate surface area is 139 Å². The Morgan fingerprint density at radius 1 is 1.45 bits per heavy atom. The summed E-state index contributed by atoms with van der Waals surface area (Å²) in [6, 6.07) is 5.17. The summed E-state index contributed by atoms with van der Waals surface area (Å²) >= 11 is 3.46. The summed E-state index contributed by atoms with van der Waals surface area (Å²) in [6.07, 6.45) is 1.69. The highest BCUT2D eigenvalue weighted by Gasteiger charge is 2.27. The predicted octanol–water partition coefficient (Wildman–Crippen LogP) is 2.39. The van der Waals surface area contributed by atoms with E-state index in [0.29, 0.717) is 13.2 Å². The molecule has 5 nitrogen and oxygen atoms in total. The minimum atomic E-state index is -0.479. The third kappa shape index (κ3) is 4.21. The Bertz CT molecular complexity index is 518. The van der Waals surface area contributed by atoms with Crippen LogP contribution in [0.5, 0.6) is 5.75 Å². The van der Waals surface area contributed by atoms with Crippen molar-refractivity contribution in [1.82, 2.24) is 5.32 Å². The van der Waals surface area contributed by atoms with Crippen LogP contribution >= 0.6 is 15.9 Å². The normalized spacial score (nSPS) is 18.5. The topological polar surface area (TPSA) is 73.6 Å². The number of carbonyl (C=O) groups is 1. The molecule has 1 amide bonds. The van der Waals surface area contributed by atoms with E-state index in [1.807, 2.05) is 25.1 Å². The highest BCUT2D eigenvalue weighted by molar-refractivity contribution is 9.10. The highest BCUT2D eigenvalue weighted by Crippen LogP contribution is 2.28.